The number of carbonyl (C=O) groups is 4. The van der Waals surface area contributed by atoms with E-state index >= 15 is 0 Å². The molecule has 4 unspecified atom stereocenters. The number of hydrogen-bond acceptors (Lipinski definition) is 15. The molecule has 0 aliphatic carbocycles. The summed E-state index contributed by atoms with van der Waals surface area (Å²) in [7, 11) is -9.92. The van der Waals surface area contributed by atoms with E-state index in [1.54, 1.807) is 0 Å². The molecule has 17 nitrogen and oxygen atoms in total. The van der Waals surface area contributed by atoms with Crippen LogP contribution in [0.1, 0.15) is 421 Å². The molecule has 0 aromatic heterocycles. The third kappa shape index (κ3) is 73.4. The van der Waals surface area contributed by atoms with E-state index in [-0.39, 0.29) is 25.7 Å². The van der Waals surface area contributed by atoms with Gasteiger partial charge in [0.25, 0.3) is 0 Å². The van der Waals surface area contributed by atoms with Crippen molar-refractivity contribution in [2.24, 2.45) is 23.7 Å². The monoisotopic (exact) mass is 1480 g/mol. The fourth-order valence-corrected chi connectivity index (χ4v) is 14.1. The lowest BCUT2D eigenvalue weighted by Gasteiger charge is -2.21. The van der Waals surface area contributed by atoms with E-state index in [1.165, 1.54) is 225 Å². The number of unbranched alkanes of at least 4 members (excludes halogenated alkanes) is 43. The SMILES string of the molecule is CCC(C)CCCCCCCCCCC(=O)OC[C@H](COP(=O)(O)OC[C@H](O)COP(=O)(O)OC[C@@H](COC(=O)CCCCCCCCCCCCCCCC(C)C)OC(=O)CCCCCCCCCCCCCCCCCCCCC(C)C)OC(=O)CCCCCCCCCCC(C)CC. The maximum absolute atomic E-state index is 13.1. The van der Waals surface area contributed by atoms with Crippen molar-refractivity contribution in [3.05, 3.63) is 0 Å². The molecular weight excluding hydrogens is 1320 g/mol. The molecule has 600 valence electrons. The number of hydrogen-bond donors (Lipinski definition) is 3. The fourth-order valence-electron chi connectivity index (χ4n) is 12.5. The maximum Gasteiger partial charge on any atom is 0.472 e. The molecule has 0 radical (unpaired) electrons. The van der Waals surface area contributed by atoms with Gasteiger partial charge in [0.2, 0.25) is 0 Å². The van der Waals surface area contributed by atoms with Gasteiger partial charge in [-0.1, -0.05) is 370 Å². The number of rotatable bonds is 79. The molecule has 0 heterocycles. The first kappa shape index (κ1) is 99.1. The first-order valence-corrected chi connectivity index (χ1v) is 45.3. The average molecular weight is 1480 g/mol. The molecule has 0 aromatic carbocycles. The minimum Gasteiger partial charge on any atom is -0.462 e. The van der Waals surface area contributed by atoms with E-state index in [9.17, 15) is 43.2 Å². The topological polar surface area (TPSA) is 237 Å². The van der Waals surface area contributed by atoms with E-state index in [0.717, 1.165) is 114 Å². The highest BCUT2D eigenvalue weighted by Crippen LogP contribution is 2.45. The summed E-state index contributed by atoms with van der Waals surface area (Å²) in [6, 6.07) is 0. The van der Waals surface area contributed by atoms with Crippen LogP contribution in [-0.4, -0.2) is 96.7 Å². The van der Waals surface area contributed by atoms with Crippen molar-refractivity contribution in [3.8, 4) is 0 Å². The third-order valence-electron chi connectivity index (χ3n) is 19.8. The summed E-state index contributed by atoms with van der Waals surface area (Å²) in [5.74, 6) is 1.04. The van der Waals surface area contributed by atoms with Crippen molar-refractivity contribution < 1.29 is 80.2 Å². The number of ether oxygens (including phenoxy) is 4. The number of aliphatic hydroxyl groups excluding tert-OH is 1. The molecule has 7 atom stereocenters. The van der Waals surface area contributed by atoms with Gasteiger partial charge in [0, 0.05) is 25.7 Å². The Hall–Kier alpha value is -1.94. The largest absolute Gasteiger partial charge is 0.472 e. The molecular formula is C82H160O17P2. The molecule has 0 bridgehead atoms. The second kappa shape index (κ2) is 71.0. The predicted molar refractivity (Wildman–Crippen MR) is 414 cm³/mol. The van der Waals surface area contributed by atoms with Crippen molar-refractivity contribution >= 4 is 39.5 Å². The lowest BCUT2D eigenvalue weighted by Crippen LogP contribution is -2.30. The Balaban J connectivity index is 5.24. The summed E-state index contributed by atoms with van der Waals surface area (Å²) in [5, 5.41) is 10.6. The molecule has 0 aliphatic rings. The van der Waals surface area contributed by atoms with Gasteiger partial charge in [-0.3, -0.25) is 37.3 Å². The number of carbonyl (C=O) groups excluding carboxylic acids is 4. The standard InChI is InChI=1S/C82H160O17P2/c1-9-74(7)60-52-44-36-30-32-39-47-55-63-80(85)93-69-78(99-82(87)65-57-49-41-33-31-37-45-53-61-75(8)10-2)71-97-101(90,91)95-67-76(83)66-94-100(88,89)96-70-77(68-92-79(84)62-54-46-38-28-24-21-17-19-23-27-35-43-51-59-73(5)6)98-81(86)64-56-48-40-29-25-20-16-14-12-11-13-15-18-22-26-34-42-50-58-72(3)4/h72-78,83H,9-71H2,1-8H3,(H,88,89)(H,90,91)/t74?,75?,76-,77-,78-/m1/s1. The summed E-state index contributed by atoms with van der Waals surface area (Å²) in [5.41, 5.74) is 0. The highest BCUT2D eigenvalue weighted by Gasteiger charge is 2.30. The Morgan fingerprint density at radius 3 is 0.703 bits per heavy atom. The van der Waals surface area contributed by atoms with Gasteiger partial charge in [-0.15, -0.1) is 0 Å². The minimum absolute atomic E-state index is 0.104. The third-order valence-corrected chi connectivity index (χ3v) is 21.7. The molecule has 0 aliphatic heterocycles. The number of aliphatic hydroxyl groups is 1. The molecule has 0 fully saturated rings. The van der Waals surface area contributed by atoms with Gasteiger partial charge in [0.1, 0.15) is 19.3 Å². The molecule has 19 heteroatoms. The van der Waals surface area contributed by atoms with Crippen molar-refractivity contribution in [1.29, 1.82) is 0 Å². The molecule has 0 saturated heterocycles. The minimum atomic E-state index is -4.96. The summed E-state index contributed by atoms with van der Waals surface area (Å²) >= 11 is 0. The average Bonchev–Trinajstić information content (AvgIpc) is 1.11. The Labute approximate surface area is 619 Å². The van der Waals surface area contributed by atoms with Crippen LogP contribution in [0, 0.1) is 23.7 Å². The summed E-state index contributed by atoms with van der Waals surface area (Å²) in [6.07, 6.45) is 58.2. The van der Waals surface area contributed by atoms with E-state index in [0.29, 0.717) is 25.7 Å². The normalized spacial score (nSPS) is 14.5. The van der Waals surface area contributed by atoms with Crippen LogP contribution in [0.4, 0.5) is 0 Å². The van der Waals surface area contributed by atoms with Gasteiger partial charge < -0.3 is 33.8 Å². The zero-order valence-electron chi connectivity index (χ0n) is 66.5. The summed E-state index contributed by atoms with van der Waals surface area (Å²) in [6.45, 7) is 14.3. The predicted octanol–water partition coefficient (Wildman–Crippen LogP) is 24.4. The molecule has 0 amide bonds. The Kier molecular flexibility index (Phi) is 69.6. The quantitative estimate of drug-likeness (QED) is 0.0222. The molecule has 0 rings (SSSR count). The van der Waals surface area contributed by atoms with Crippen molar-refractivity contribution in [2.45, 2.75) is 440 Å². The van der Waals surface area contributed by atoms with Gasteiger partial charge in [-0.2, -0.15) is 0 Å². The van der Waals surface area contributed by atoms with Crippen LogP contribution in [0.3, 0.4) is 0 Å². The van der Waals surface area contributed by atoms with Crippen LogP contribution in [0.2, 0.25) is 0 Å². The van der Waals surface area contributed by atoms with Crippen LogP contribution in [0.25, 0.3) is 0 Å². The first-order valence-electron chi connectivity index (χ1n) is 42.3. The highest BCUT2D eigenvalue weighted by molar-refractivity contribution is 7.47. The lowest BCUT2D eigenvalue weighted by molar-refractivity contribution is -0.161. The first-order chi connectivity index (χ1) is 48.7. The Morgan fingerprint density at radius 2 is 0.475 bits per heavy atom. The molecule has 0 saturated carbocycles. The fraction of sp³-hybridized carbons (Fsp3) is 0.951. The van der Waals surface area contributed by atoms with E-state index < -0.39 is 97.5 Å². The molecule has 3 N–H and O–H groups in total. The van der Waals surface area contributed by atoms with Crippen LogP contribution < -0.4 is 0 Å². The van der Waals surface area contributed by atoms with Gasteiger partial charge >= 0.3 is 39.5 Å². The zero-order chi connectivity index (χ0) is 74.6. The van der Waals surface area contributed by atoms with Gasteiger partial charge in [-0.05, 0) is 49.4 Å². The Bertz CT molecular complexity index is 1980. The van der Waals surface area contributed by atoms with Crippen LogP contribution in [-0.2, 0) is 65.4 Å². The van der Waals surface area contributed by atoms with Gasteiger partial charge in [-0.25, -0.2) is 9.13 Å². The number of esters is 4. The van der Waals surface area contributed by atoms with E-state index in [1.807, 2.05) is 0 Å². The zero-order valence-corrected chi connectivity index (χ0v) is 68.3. The molecule has 0 aromatic rings. The van der Waals surface area contributed by atoms with Gasteiger partial charge in [0.15, 0.2) is 12.2 Å². The van der Waals surface area contributed by atoms with Crippen LogP contribution in [0.5, 0.6) is 0 Å². The van der Waals surface area contributed by atoms with Crippen LogP contribution in [0.15, 0.2) is 0 Å². The number of phosphoric ester groups is 2. The molecule has 101 heavy (non-hydrogen) atoms. The number of phosphoric acid groups is 2. The van der Waals surface area contributed by atoms with Gasteiger partial charge in [0.05, 0.1) is 26.4 Å². The van der Waals surface area contributed by atoms with Crippen molar-refractivity contribution in [1.82, 2.24) is 0 Å². The molecule has 0 spiro atoms. The summed E-state index contributed by atoms with van der Waals surface area (Å²) < 4.78 is 68.8. The smallest absolute Gasteiger partial charge is 0.462 e. The van der Waals surface area contributed by atoms with Crippen molar-refractivity contribution in [3.63, 3.8) is 0 Å². The lowest BCUT2D eigenvalue weighted by atomic mass is 9.99. The second-order valence-electron chi connectivity index (χ2n) is 31.0. The maximum atomic E-state index is 13.1. The highest BCUT2D eigenvalue weighted by atomic mass is 31.2. The Morgan fingerprint density at radius 1 is 0.277 bits per heavy atom. The van der Waals surface area contributed by atoms with Crippen LogP contribution >= 0.6 is 15.6 Å². The van der Waals surface area contributed by atoms with Crippen molar-refractivity contribution in [2.75, 3.05) is 39.6 Å². The van der Waals surface area contributed by atoms with E-state index in [2.05, 4.69) is 55.4 Å². The second-order valence-corrected chi connectivity index (χ2v) is 33.9. The van der Waals surface area contributed by atoms with E-state index in [4.69, 9.17) is 37.0 Å². The summed E-state index contributed by atoms with van der Waals surface area (Å²) in [4.78, 5) is 73.1.